The van der Waals surface area contributed by atoms with E-state index in [1.54, 1.807) is 36.4 Å². The number of hydrogen-bond donors (Lipinski definition) is 3. The van der Waals surface area contributed by atoms with Crippen LogP contribution in [0.15, 0.2) is 72.8 Å². The number of aryl methyl sites for hydroxylation is 2. The highest BCUT2D eigenvalue weighted by molar-refractivity contribution is 6.04. The molecule has 3 amide bonds. The van der Waals surface area contributed by atoms with Crippen molar-refractivity contribution in [1.29, 1.82) is 0 Å². The highest BCUT2D eigenvalue weighted by Crippen LogP contribution is 2.12. The molecule has 30 heavy (non-hydrogen) atoms. The van der Waals surface area contributed by atoms with Crippen LogP contribution in [0, 0.1) is 13.8 Å². The van der Waals surface area contributed by atoms with E-state index in [0.29, 0.717) is 16.8 Å². The fraction of sp³-hybridized carbons (Fsp3) is 0.125. The predicted octanol–water partition coefficient (Wildman–Crippen LogP) is 3.56. The van der Waals surface area contributed by atoms with Gasteiger partial charge in [-0.1, -0.05) is 42.0 Å². The number of rotatable bonds is 5. The van der Waals surface area contributed by atoms with E-state index in [4.69, 9.17) is 0 Å². The Morgan fingerprint density at radius 1 is 0.733 bits per heavy atom. The summed E-state index contributed by atoms with van der Waals surface area (Å²) in [5.41, 5.74) is 9.24. The van der Waals surface area contributed by atoms with Crippen LogP contribution in [0.25, 0.3) is 0 Å². The summed E-state index contributed by atoms with van der Waals surface area (Å²) < 4.78 is 0. The van der Waals surface area contributed by atoms with Crippen LogP contribution >= 0.6 is 0 Å². The first kappa shape index (κ1) is 20.8. The van der Waals surface area contributed by atoms with E-state index in [9.17, 15) is 14.4 Å². The number of nitrogens with one attached hydrogen (secondary N) is 3. The Morgan fingerprint density at radius 3 is 2.17 bits per heavy atom. The molecule has 0 unspecified atom stereocenters. The Kier molecular flexibility index (Phi) is 6.60. The molecule has 0 aliphatic rings. The molecule has 0 aromatic heterocycles. The third-order valence-corrected chi connectivity index (χ3v) is 4.61. The molecule has 3 aromatic carbocycles. The fourth-order valence-electron chi connectivity index (χ4n) is 2.92. The molecule has 0 aliphatic heterocycles. The summed E-state index contributed by atoms with van der Waals surface area (Å²) in [7, 11) is 0. The first-order chi connectivity index (χ1) is 14.4. The molecule has 0 fully saturated rings. The molecular formula is C24H23N3O3. The van der Waals surface area contributed by atoms with Crippen molar-refractivity contribution in [2.75, 3.05) is 5.32 Å². The second-order valence-electron chi connectivity index (χ2n) is 7.01. The van der Waals surface area contributed by atoms with Gasteiger partial charge < -0.3 is 5.32 Å². The lowest BCUT2D eigenvalue weighted by Gasteiger charge is -2.10. The topological polar surface area (TPSA) is 87.3 Å². The molecule has 0 heterocycles. The van der Waals surface area contributed by atoms with Crippen LogP contribution in [0.5, 0.6) is 0 Å². The van der Waals surface area contributed by atoms with Crippen molar-refractivity contribution in [2.45, 2.75) is 20.3 Å². The summed E-state index contributed by atoms with van der Waals surface area (Å²) in [6.07, 6.45) is 0.177. The minimum absolute atomic E-state index is 0.177. The van der Waals surface area contributed by atoms with Crippen molar-refractivity contribution in [3.63, 3.8) is 0 Å². The number of benzene rings is 3. The summed E-state index contributed by atoms with van der Waals surface area (Å²) in [5, 5.41) is 2.79. The van der Waals surface area contributed by atoms with E-state index in [0.717, 1.165) is 16.7 Å². The Balaban J connectivity index is 1.53. The fourth-order valence-corrected chi connectivity index (χ4v) is 2.92. The maximum Gasteiger partial charge on any atom is 0.269 e. The van der Waals surface area contributed by atoms with Gasteiger partial charge >= 0.3 is 0 Å². The molecule has 3 aromatic rings. The monoisotopic (exact) mass is 401 g/mol. The number of amides is 3. The van der Waals surface area contributed by atoms with Crippen molar-refractivity contribution in [2.24, 2.45) is 0 Å². The number of carbonyl (C=O) groups excluding carboxylic acids is 3. The standard InChI is InChI=1S/C24H23N3O3/c1-16-6-5-9-20(14-16)23(29)25-21-12-10-18(11-13-21)24(30)27-26-22(28)15-19-8-4-3-7-17(19)2/h3-14H,15H2,1-2H3,(H,25,29)(H,26,28)(H,27,30). The van der Waals surface area contributed by atoms with Gasteiger partial charge in [-0.25, -0.2) is 0 Å². The maximum absolute atomic E-state index is 12.3. The second kappa shape index (κ2) is 9.52. The lowest BCUT2D eigenvalue weighted by Crippen LogP contribution is -2.42. The molecule has 0 saturated heterocycles. The Hall–Kier alpha value is -3.93. The molecule has 0 aliphatic carbocycles. The average Bonchev–Trinajstić information content (AvgIpc) is 2.74. The number of hydrazine groups is 1. The van der Waals surface area contributed by atoms with Crippen molar-refractivity contribution in [3.05, 3.63) is 101 Å². The van der Waals surface area contributed by atoms with E-state index in [1.807, 2.05) is 50.2 Å². The molecule has 3 rings (SSSR count). The zero-order valence-electron chi connectivity index (χ0n) is 16.9. The van der Waals surface area contributed by atoms with E-state index < -0.39 is 5.91 Å². The van der Waals surface area contributed by atoms with Gasteiger partial charge in [0.1, 0.15) is 0 Å². The van der Waals surface area contributed by atoms with Gasteiger partial charge in [0.2, 0.25) is 5.91 Å². The summed E-state index contributed by atoms with van der Waals surface area (Å²) in [4.78, 5) is 36.6. The van der Waals surface area contributed by atoms with Crippen LogP contribution in [0.1, 0.15) is 37.4 Å². The number of anilines is 1. The molecule has 3 N–H and O–H groups in total. The van der Waals surface area contributed by atoms with E-state index >= 15 is 0 Å². The van der Waals surface area contributed by atoms with Gasteiger partial charge in [0.25, 0.3) is 11.8 Å². The Morgan fingerprint density at radius 2 is 1.47 bits per heavy atom. The van der Waals surface area contributed by atoms with Gasteiger partial charge in [-0.2, -0.15) is 0 Å². The van der Waals surface area contributed by atoms with Crippen molar-refractivity contribution in [3.8, 4) is 0 Å². The third kappa shape index (κ3) is 5.54. The zero-order valence-corrected chi connectivity index (χ0v) is 16.9. The molecule has 0 spiro atoms. The smallest absolute Gasteiger partial charge is 0.269 e. The van der Waals surface area contributed by atoms with E-state index in [-0.39, 0.29) is 18.2 Å². The normalized spacial score (nSPS) is 10.2. The first-order valence-electron chi connectivity index (χ1n) is 9.54. The van der Waals surface area contributed by atoms with Crippen LogP contribution in [-0.4, -0.2) is 17.7 Å². The first-order valence-corrected chi connectivity index (χ1v) is 9.54. The van der Waals surface area contributed by atoms with Crippen LogP contribution < -0.4 is 16.2 Å². The van der Waals surface area contributed by atoms with Gasteiger partial charge in [-0.15, -0.1) is 0 Å². The maximum atomic E-state index is 12.3. The van der Waals surface area contributed by atoms with Crippen LogP contribution in [0.4, 0.5) is 5.69 Å². The van der Waals surface area contributed by atoms with Gasteiger partial charge in [0.05, 0.1) is 6.42 Å². The van der Waals surface area contributed by atoms with Crippen molar-refractivity contribution in [1.82, 2.24) is 10.9 Å². The summed E-state index contributed by atoms with van der Waals surface area (Å²) in [6.45, 7) is 3.85. The zero-order chi connectivity index (χ0) is 21.5. The van der Waals surface area contributed by atoms with E-state index in [1.165, 1.54) is 0 Å². The van der Waals surface area contributed by atoms with Crippen molar-refractivity contribution < 1.29 is 14.4 Å². The van der Waals surface area contributed by atoms with Crippen LogP contribution in [0.2, 0.25) is 0 Å². The molecule has 0 atom stereocenters. The third-order valence-electron chi connectivity index (χ3n) is 4.61. The summed E-state index contributed by atoms with van der Waals surface area (Å²) in [6, 6.07) is 21.3. The Labute approximate surface area is 175 Å². The molecule has 152 valence electrons. The molecule has 6 heteroatoms. The number of hydrogen-bond acceptors (Lipinski definition) is 3. The van der Waals surface area contributed by atoms with Gasteiger partial charge in [-0.3, -0.25) is 25.2 Å². The van der Waals surface area contributed by atoms with Crippen molar-refractivity contribution >= 4 is 23.4 Å². The van der Waals surface area contributed by atoms with Crippen LogP contribution in [0.3, 0.4) is 0 Å². The van der Waals surface area contributed by atoms with Gasteiger partial charge in [0, 0.05) is 16.8 Å². The lowest BCUT2D eigenvalue weighted by molar-refractivity contribution is -0.121. The Bertz CT molecular complexity index is 1080. The molecule has 0 radical (unpaired) electrons. The van der Waals surface area contributed by atoms with Gasteiger partial charge in [0.15, 0.2) is 0 Å². The molecular weight excluding hydrogens is 378 g/mol. The predicted molar refractivity (Wildman–Crippen MR) is 116 cm³/mol. The molecule has 0 bridgehead atoms. The van der Waals surface area contributed by atoms with Gasteiger partial charge in [-0.05, 0) is 61.4 Å². The van der Waals surface area contributed by atoms with E-state index in [2.05, 4.69) is 16.2 Å². The largest absolute Gasteiger partial charge is 0.322 e. The highest BCUT2D eigenvalue weighted by atomic mass is 16.2. The number of carbonyl (C=O) groups is 3. The quantitative estimate of drug-likeness (QED) is 0.571. The summed E-state index contributed by atoms with van der Waals surface area (Å²) >= 11 is 0. The lowest BCUT2D eigenvalue weighted by atomic mass is 10.1. The minimum Gasteiger partial charge on any atom is -0.322 e. The second-order valence-corrected chi connectivity index (χ2v) is 7.01. The highest BCUT2D eigenvalue weighted by Gasteiger charge is 2.10. The summed E-state index contributed by atoms with van der Waals surface area (Å²) in [5.74, 6) is -0.969. The average molecular weight is 401 g/mol. The minimum atomic E-state index is -0.440. The molecule has 6 nitrogen and oxygen atoms in total. The molecule has 0 saturated carbocycles. The van der Waals surface area contributed by atoms with Crippen LogP contribution in [-0.2, 0) is 11.2 Å². The SMILES string of the molecule is Cc1cccc(C(=O)Nc2ccc(C(=O)NNC(=O)Cc3ccccc3C)cc2)c1.